The fourth-order valence-corrected chi connectivity index (χ4v) is 3.22. The highest BCUT2D eigenvalue weighted by molar-refractivity contribution is 7.13. The molecule has 1 heterocycles. The number of anilines is 1. The van der Waals surface area contributed by atoms with Gasteiger partial charge in [0, 0.05) is 22.8 Å². The lowest BCUT2D eigenvalue weighted by Crippen LogP contribution is -2.48. The van der Waals surface area contributed by atoms with E-state index in [1.807, 2.05) is 29.6 Å². The van der Waals surface area contributed by atoms with E-state index < -0.39 is 5.54 Å². The van der Waals surface area contributed by atoms with Crippen LogP contribution in [0.5, 0.6) is 0 Å². The summed E-state index contributed by atoms with van der Waals surface area (Å²) in [5.41, 5.74) is 7.25. The fraction of sp³-hybridized carbons (Fsp3) is 0.333. The Morgan fingerprint density at radius 3 is 2.76 bits per heavy atom. The third-order valence-corrected chi connectivity index (χ3v) is 4.57. The Hall–Kier alpha value is -1.43. The van der Waals surface area contributed by atoms with Crippen molar-refractivity contribution in [2.24, 2.45) is 5.73 Å². The Kier molecular flexibility index (Phi) is 4.98. The fourth-order valence-electron chi connectivity index (χ4n) is 2.58. The van der Waals surface area contributed by atoms with E-state index in [9.17, 15) is 4.79 Å². The number of hydrogen-bond donors (Lipinski definition) is 2. The average Bonchev–Trinajstić information content (AvgIpc) is 3.11. The van der Waals surface area contributed by atoms with E-state index in [-0.39, 0.29) is 18.3 Å². The van der Waals surface area contributed by atoms with Crippen molar-refractivity contribution in [2.45, 2.75) is 31.2 Å². The van der Waals surface area contributed by atoms with Crippen molar-refractivity contribution in [3.63, 3.8) is 0 Å². The number of hydrogen-bond acceptors (Lipinski definition) is 4. The van der Waals surface area contributed by atoms with Gasteiger partial charge < -0.3 is 11.1 Å². The van der Waals surface area contributed by atoms with Gasteiger partial charge in [-0.2, -0.15) is 0 Å². The van der Waals surface area contributed by atoms with E-state index >= 15 is 0 Å². The molecule has 1 aromatic carbocycles. The predicted molar refractivity (Wildman–Crippen MR) is 88.8 cm³/mol. The third-order valence-electron chi connectivity index (χ3n) is 3.75. The second-order valence-corrected chi connectivity index (χ2v) is 6.13. The molecule has 0 bridgehead atoms. The number of rotatable bonds is 3. The molecule has 1 saturated carbocycles. The predicted octanol–water partition coefficient (Wildman–Crippen LogP) is 3.44. The summed E-state index contributed by atoms with van der Waals surface area (Å²) in [4.78, 5) is 16.6. The van der Waals surface area contributed by atoms with Gasteiger partial charge in [-0.05, 0) is 25.0 Å². The minimum Gasteiger partial charge on any atom is -0.324 e. The molecule has 1 fully saturated rings. The van der Waals surface area contributed by atoms with Gasteiger partial charge in [0.05, 0.1) is 5.54 Å². The third kappa shape index (κ3) is 3.43. The maximum Gasteiger partial charge on any atom is 0.244 e. The van der Waals surface area contributed by atoms with Crippen molar-refractivity contribution in [1.82, 2.24) is 4.98 Å². The molecule has 0 saturated heterocycles. The number of nitrogens with one attached hydrogen (secondary N) is 1. The van der Waals surface area contributed by atoms with Gasteiger partial charge in [-0.3, -0.25) is 4.79 Å². The first-order chi connectivity index (χ1) is 9.67. The molecule has 112 valence electrons. The summed E-state index contributed by atoms with van der Waals surface area (Å²) < 4.78 is 0. The van der Waals surface area contributed by atoms with Gasteiger partial charge in [0.2, 0.25) is 5.91 Å². The van der Waals surface area contributed by atoms with Crippen molar-refractivity contribution >= 4 is 35.3 Å². The normalized spacial score (nSPS) is 16.2. The number of thiazole rings is 1. The maximum atomic E-state index is 12.3. The monoisotopic (exact) mass is 323 g/mol. The molecule has 1 aromatic heterocycles. The van der Waals surface area contributed by atoms with Crippen LogP contribution >= 0.6 is 23.7 Å². The molecule has 0 atom stereocenters. The minimum absolute atomic E-state index is 0. The summed E-state index contributed by atoms with van der Waals surface area (Å²) in [7, 11) is 0. The van der Waals surface area contributed by atoms with Crippen LogP contribution in [0.15, 0.2) is 35.8 Å². The van der Waals surface area contributed by atoms with Crippen molar-refractivity contribution in [1.29, 1.82) is 0 Å². The number of aromatic nitrogens is 1. The summed E-state index contributed by atoms with van der Waals surface area (Å²) in [5, 5.41) is 5.83. The van der Waals surface area contributed by atoms with Crippen LogP contribution in [-0.2, 0) is 4.79 Å². The molecule has 1 aliphatic carbocycles. The molecule has 0 radical (unpaired) electrons. The Labute approximate surface area is 134 Å². The number of carbonyl (C=O) groups is 1. The zero-order valence-corrected chi connectivity index (χ0v) is 13.2. The first-order valence-electron chi connectivity index (χ1n) is 6.78. The van der Waals surface area contributed by atoms with Crippen LogP contribution in [0.3, 0.4) is 0 Å². The van der Waals surface area contributed by atoms with Crippen LogP contribution in [0.2, 0.25) is 0 Å². The minimum atomic E-state index is -0.697. The number of nitrogens with zero attached hydrogens (tertiary/aromatic N) is 1. The Bertz CT molecular complexity index is 609. The second-order valence-electron chi connectivity index (χ2n) is 5.24. The quantitative estimate of drug-likeness (QED) is 0.909. The molecule has 6 heteroatoms. The summed E-state index contributed by atoms with van der Waals surface area (Å²) in [6, 6.07) is 7.73. The van der Waals surface area contributed by atoms with E-state index in [0.717, 1.165) is 41.9 Å². The van der Waals surface area contributed by atoms with Gasteiger partial charge in [-0.1, -0.05) is 25.0 Å². The lowest BCUT2D eigenvalue weighted by Gasteiger charge is -2.22. The standard InChI is InChI=1S/C15H17N3OS.ClH/c16-15(6-1-2-7-15)14(19)18-12-5-3-4-11(10-12)13-17-8-9-20-13;/h3-5,8-10H,1-2,6-7,16H2,(H,18,19);1H. The van der Waals surface area contributed by atoms with Gasteiger partial charge >= 0.3 is 0 Å². The molecule has 0 spiro atoms. The smallest absolute Gasteiger partial charge is 0.244 e. The van der Waals surface area contributed by atoms with E-state index in [0.29, 0.717) is 0 Å². The number of nitrogens with two attached hydrogens (primary N) is 1. The molecule has 2 aromatic rings. The zero-order valence-electron chi connectivity index (χ0n) is 11.5. The number of benzene rings is 1. The van der Waals surface area contributed by atoms with Gasteiger partial charge in [0.25, 0.3) is 0 Å². The van der Waals surface area contributed by atoms with E-state index in [1.165, 1.54) is 0 Å². The topological polar surface area (TPSA) is 68.0 Å². The van der Waals surface area contributed by atoms with Crippen LogP contribution in [0.25, 0.3) is 10.6 Å². The van der Waals surface area contributed by atoms with Gasteiger partial charge in [0.15, 0.2) is 0 Å². The van der Waals surface area contributed by atoms with Crippen LogP contribution in [0.4, 0.5) is 5.69 Å². The highest BCUT2D eigenvalue weighted by atomic mass is 35.5. The molecule has 0 aliphatic heterocycles. The van der Waals surface area contributed by atoms with E-state index in [2.05, 4.69) is 10.3 Å². The van der Waals surface area contributed by atoms with Crippen LogP contribution < -0.4 is 11.1 Å². The summed E-state index contributed by atoms with van der Waals surface area (Å²) >= 11 is 1.58. The Morgan fingerprint density at radius 2 is 2.10 bits per heavy atom. The molecule has 0 unspecified atom stereocenters. The molecular formula is C15H18ClN3OS. The SMILES string of the molecule is Cl.NC1(C(=O)Nc2cccc(-c3nccs3)c2)CCCC1. The van der Waals surface area contributed by atoms with E-state index in [1.54, 1.807) is 17.5 Å². The van der Waals surface area contributed by atoms with Crippen LogP contribution in [0.1, 0.15) is 25.7 Å². The zero-order chi connectivity index (χ0) is 14.0. The molecule has 3 rings (SSSR count). The largest absolute Gasteiger partial charge is 0.324 e. The molecule has 1 amide bonds. The maximum absolute atomic E-state index is 12.3. The van der Waals surface area contributed by atoms with Crippen molar-refractivity contribution in [2.75, 3.05) is 5.32 Å². The average molecular weight is 324 g/mol. The highest BCUT2D eigenvalue weighted by Gasteiger charge is 2.36. The number of carbonyl (C=O) groups excluding carboxylic acids is 1. The highest BCUT2D eigenvalue weighted by Crippen LogP contribution is 2.29. The summed E-state index contributed by atoms with van der Waals surface area (Å²) in [6.45, 7) is 0. The summed E-state index contributed by atoms with van der Waals surface area (Å²) in [5.74, 6) is -0.0775. The number of halogens is 1. The lowest BCUT2D eigenvalue weighted by atomic mass is 9.98. The molecule has 3 N–H and O–H groups in total. The van der Waals surface area contributed by atoms with Gasteiger partial charge in [-0.25, -0.2) is 4.98 Å². The number of amides is 1. The Morgan fingerprint density at radius 1 is 1.33 bits per heavy atom. The Balaban J connectivity index is 0.00000161. The lowest BCUT2D eigenvalue weighted by molar-refractivity contribution is -0.121. The van der Waals surface area contributed by atoms with Crippen molar-refractivity contribution in [3.8, 4) is 10.6 Å². The second kappa shape index (κ2) is 6.56. The molecular weight excluding hydrogens is 306 g/mol. The molecule has 21 heavy (non-hydrogen) atoms. The van der Waals surface area contributed by atoms with Gasteiger partial charge in [-0.15, -0.1) is 23.7 Å². The summed E-state index contributed by atoms with van der Waals surface area (Å²) in [6.07, 6.45) is 5.38. The first-order valence-corrected chi connectivity index (χ1v) is 7.66. The van der Waals surface area contributed by atoms with Crippen molar-refractivity contribution in [3.05, 3.63) is 35.8 Å². The van der Waals surface area contributed by atoms with Crippen LogP contribution in [-0.4, -0.2) is 16.4 Å². The van der Waals surface area contributed by atoms with Crippen LogP contribution in [0, 0.1) is 0 Å². The van der Waals surface area contributed by atoms with E-state index in [4.69, 9.17) is 5.73 Å². The van der Waals surface area contributed by atoms with Crippen molar-refractivity contribution < 1.29 is 4.79 Å². The molecule has 1 aliphatic rings. The first kappa shape index (κ1) is 15.9. The van der Waals surface area contributed by atoms with Gasteiger partial charge in [0.1, 0.15) is 5.01 Å². The molecule has 4 nitrogen and oxygen atoms in total.